The van der Waals surface area contributed by atoms with E-state index in [0.29, 0.717) is 29.5 Å². The van der Waals surface area contributed by atoms with Crippen LogP contribution in [0.2, 0.25) is 0 Å². The topological polar surface area (TPSA) is 53.8 Å². The molecule has 0 bridgehead atoms. The highest BCUT2D eigenvalue weighted by Crippen LogP contribution is 2.40. The molecule has 0 unspecified atom stereocenters. The molecule has 148 valence electrons. The summed E-state index contributed by atoms with van der Waals surface area (Å²) in [6.45, 7) is 4.57. The number of likely N-dealkylation sites (N-methyl/N-ethyl adjacent to an activating group) is 1. The molecule has 1 fully saturated rings. The number of carbonyl (C=O) groups excluding carboxylic acids is 2. The molecule has 0 amide bonds. The Morgan fingerprint density at radius 1 is 1.07 bits per heavy atom. The molecule has 3 aromatic rings. The van der Waals surface area contributed by atoms with Crippen molar-refractivity contribution < 1.29 is 14.0 Å². The minimum atomic E-state index is -0.450. The first-order chi connectivity index (χ1) is 14.0. The van der Waals surface area contributed by atoms with Crippen molar-refractivity contribution in [2.75, 3.05) is 27.2 Å². The van der Waals surface area contributed by atoms with Crippen molar-refractivity contribution >= 4 is 22.3 Å². The molecule has 2 aliphatic rings. The van der Waals surface area contributed by atoms with E-state index in [-0.39, 0.29) is 0 Å². The molecule has 29 heavy (non-hydrogen) atoms. The highest BCUT2D eigenvalue weighted by atomic mass is 16.3. The normalized spacial score (nSPS) is 19.2. The Morgan fingerprint density at radius 3 is 2.62 bits per heavy atom. The zero-order chi connectivity index (χ0) is 20.3. The molecule has 1 aromatic heterocycles. The lowest BCUT2D eigenvalue weighted by molar-refractivity contribution is 0.0814. The van der Waals surface area contributed by atoms with Crippen LogP contribution in [0.4, 0.5) is 0 Å². The van der Waals surface area contributed by atoms with E-state index in [1.165, 1.54) is 0 Å². The molecule has 5 nitrogen and oxygen atoms in total. The number of ketones is 2. The van der Waals surface area contributed by atoms with Crippen LogP contribution in [0.15, 0.2) is 41.0 Å². The highest BCUT2D eigenvalue weighted by Gasteiger charge is 2.37. The van der Waals surface area contributed by atoms with E-state index in [2.05, 4.69) is 23.9 Å². The fraction of sp³-hybridized carbons (Fsp3) is 0.333. The first kappa shape index (κ1) is 18.3. The van der Waals surface area contributed by atoms with Gasteiger partial charge in [-0.2, -0.15) is 0 Å². The predicted octanol–water partition coefficient (Wildman–Crippen LogP) is 3.92. The minimum Gasteiger partial charge on any atom is -0.463 e. The first-order valence-electron chi connectivity index (χ1n) is 10.1. The van der Waals surface area contributed by atoms with Gasteiger partial charge in [-0.15, -0.1) is 0 Å². The maximum absolute atomic E-state index is 13.1. The van der Waals surface area contributed by atoms with Crippen molar-refractivity contribution in [3.63, 3.8) is 0 Å². The van der Waals surface area contributed by atoms with E-state index in [9.17, 15) is 9.59 Å². The molecule has 0 spiro atoms. The van der Waals surface area contributed by atoms with Crippen LogP contribution in [0.5, 0.6) is 0 Å². The number of aryl methyl sites for hydroxylation is 1. The Bertz CT molecular complexity index is 1160. The Balaban J connectivity index is 1.58. The van der Waals surface area contributed by atoms with E-state index in [1.807, 2.05) is 37.3 Å². The van der Waals surface area contributed by atoms with Gasteiger partial charge in [0.25, 0.3) is 0 Å². The van der Waals surface area contributed by atoms with Crippen LogP contribution in [0.25, 0.3) is 22.1 Å². The number of nitrogens with zero attached hydrogens (tertiary/aromatic N) is 2. The van der Waals surface area contributed by atoms with E-state index in [0.717, 1.165) is 47.0 Å². The monoisotopic (exact) mass is 388 g/mol. The maximum atomic E-state index is 13.1. The van der Waals surface area contributed by atoms with Crippen molar-refractivity contribution in [3.8, 4) is 11.3 Å². The average Bonchev–Trinajstić information content (AvgIpc) is 3.34. The second-order valence-electron chi connectivity index (χ2n) is 8.42. The van der Waals surface area contributed by atoms with Gasteiger partial charge in [-0.25, -0.2) is 0 Å². The summed E-state index contributed by atoms with van der Waals surface area (Å²) in [6.07, 6.45) is 2.77. The fourth-order valence-corrected chi connectivity index (χ4v) is 4.75. The van der Waals surface area contributed by atoms with Crippen LogP contribution in [0.1, 0.15) is 38.3 Å². The van der Waals surface area contributed by atoms with E-state index in [4.69, 9.17) is 4.42 Å². The smallest absolute Gasteiger partial charge is 0.237 e. The standard InChI is InChI=1S/C24H24N2O3/c1-14-5-4-6-18-17(14)7-8-19-21(18)23(28)22(27)20-15(13-29-24(19)20)11-26-10-9-16(12-26)25(2)3/h4-8,13,16H,9-12H2,1-3H3/t16-/m0/s1. The quantitative estimate of drug-likeness (QED) is 0.637. The second kappa shape index (κ2) is 6.65. The van der Waals surface area contributed by atoms with E-state index in [1.54, 1.807) is 6.26 Å². The van der Waals surface area contributed by atoms with Crippen LogP contribution in [-0.2, 0) is 6.54 Å². The number of fused-ring (bicyclic) bond motifs is 5. The minimum absolute atomic E-state index is 0.432. The van der Waals surface area contributed by atoms with Crippen LogP contribution >= 0.6 is 0 Å². The number of hydrogen-bond acceptors (Lipinski definition) is 5. The third kappa shape index (κ3) is 2.76. The average molecular weight is 388 g/mol. The Hall–Kier alpha value is -2.76. The van der Waals surface area contributed by atoms with Gasteiger partial charge < -0.3 is 9.32 Å². The Labute approximate surface area is 169 Å². The van der Waals surface area contributed by atoms with Gasteiger partial charge in [0.2, 0.25) is 11.6 Å². The van der Waals surface area contributed by atoms with Crippen LogP contribution in [0.3, 0.4) is 0 Å². The van der Waals surface area contributed by atoms with Crippen molar-refractivity contribution in [3.05, 3.63) is 58.8 Å². The molecule has 1 aliphatic carbocycles. The summed E-state index contributed by atoms with van der Waals surface area (Å²) in [5, 5.41) is 1.81. The van der Waals surface area contributed by atoms with Crippen LogP contribution < -0.4 is 0 Å². The molecule has 1 saturated heterocycles. The van der Waals surface area contributed by atoms with E-state index >= 15 is 0 Å². The lowest BCUT2D eigenvalue weighted by Gasteiger charge is -2.21. The number of likely N-dealkylation sites (tertiary alicyclic amines) is 1. The van der Waals surface area contributed by atoms with Crippen molar-refractivity contribution in [2.45, 2.75) is 25.9 Å². The van der Waals surface area contributed by atoms with Gasteiger partial charge >= 0.3 is 0 Å². The molecular formula is C24H24N2O3. The molecule has 5 rings (SSSR count). The van der Waals surface area contributed by atoms with Gasteiger partial charge in [0, 0.05) is 42.4 Å². The molecule has 0 saturated carbocycles. The molecule has 1 aliphatic heterocycles. The number of hydrogen-bond donors (Lipinski definition) is 0. The molecule has 2 heterocycles. The zero-order valence-corrected chi connectivity index (χ0v) is 17.0. The van der Waals surface area contributed by atoms with Gasteiger partial charge in [-0.05, 0) is 49.8 Å². The van der Waals surface area contributed by atoms with Gasteiger partial charge in [0.15, 0.2) is 0 Å². The lowest BCUT2D eigenvalue weighted by atomic mass is 9.83. The fourth-order valence-electron chi connectivity index (χ4n) is 4.75. The predicted molar refractivity (Wildman–Crippen MR) is 112 cm³/mol. The lowest BCUT2D eigenvalue weighted by Crippen LogP contribution is -2.31. The Kier molecular flexibility index (Phi) is 4.19. The van der Waals surface area contributed by atoms with Gasteiger partial charge in [0.05, 0.1) is 11.8 Å². The summed E-state index contributed by atoms with van der Waals surface area (Å²) < 4.78 is 5.89. The molecule has 1 atom stereocenters. The van der Waals surface area contributed by atoms with E-state index < -0.39 is 11.6 Å². The van der Waals surface area contributed by atoms with Gasteiger partial charge in [0.1, 0.15) is 5.76 Å². The first-order valence-corrected chi connectivity index (χ1v) is 10.1. The van der Waals surface area contributed by atoms with Crippen molar-refractivity contribution in [1.82, 2.24) is 9.80 Å². The third-order valence-electron chi connectivity index (χ3n) is 6.42. The molecule has 5 heteroatoms. The van der Waals surface area contributed by atoms with Gasteiger partial charge in [-0.1, -0.05) is 24.3 Å². The SMILES string of the molecule is Cc1cccc2c3c(ccc12)-c1occ(CN2CC[C@H](N(C)C)C2)c1C(=O)C3=O. The van der Waals surface area contributed by atoms with Crippen LogP contribution in [0, 0.1) is 6.92 Å². The third-order valence-corrected chi connectivity index (χ3v) is 6.42. The maximum Gasteiger partial charge on any atom is 0.237 e. The largest absolute Gasteiger partial charge is 0.463 e. The second-order valence-corrected chi connectivity index (χ2v) is 8.42. The van der Waals surface area contributed by atoms with Crippen molar-refractivity contribution in [2.24, 2.45) is 0 Å². The summed E-state index contributed by atoms with van der Waals surface area (Å²) in [7, 11) is 4.19. The summed E-state index contributed by atoms with van der Waals surface area (Å²) in [5.41, 5.74) is 3.54. The number of Topliss-reactive ketones (excluding diaryl/α,β-unsaturated/α-hetero) is 2. The summed E-state index contributed by atoms with van der Waals surface area (Å²) in [4.78, 5) is 30.8. The Morgan fingerprint density at radius 2 is 1.86 bits per heavy atom. The highest BCUT2D eigenvalue weighted by molar-refractivity contribution is 6.54. The van der Waals surface area contributed by atoms with Crippen LogP contribution in [-0.4, -0.2) is 54.6 Å². The number of furan rings is 1. The molecule has 2 aromatic carbocycles. The summed E-state index contributed by atoms with van der Waals surface area (Å²) >= 11 is 0. The molecule has 0 radical (unpaired) electrons. The zero-order valence-electron chi connectivity index (χ0n) is 17.0. The number of rotatable bonds is 3. The summed E-state index contributed by atoms with van der Waals surface area (Å²) in [5.74, 6) is -0.348. The summed E-state index contributed by atoms with van der Waals surface area (Å²) in [6, 6.07) is 10.3. The molecule has 0 N–H and O–H groups in total. The number of benzene rings is 2. The molecular weight excluding hydrogens is 364 g/mol. The van der Waals surface area contributed by atoms with Crippen molar-refractivity contribution in [1.29, 1.82) is 0 Å². The number of carbonyl (C=O) groups is 2. The van der Waals surface area contributed by atoms with Gasteiger partial charge in [-0.3, -0.25) is 14.5 Å².